The lowest BCUT2D eigenvalue weighted by atomic mass is 10.2. The molecule has 0 fully saturated rings. The first-order chi connectivity index (χ1) is 10.5. The fourth-order valence-corrected chi connectivity index (χ4v) is 2.89. The summed E-state index contributed by atoms with van der Waals surface area (Å²) in [4.78, 5) is 11.8. The van der Waals surface area contributed by atoms with Crippen molar-refractivity contribution in [1.82, 2.24) is 0 Å². The molecule has 6 heteroatoms. The third kappa shape index (κ3) is 2.73. The summed E-state index contributed by atoms with van der Waals surface area (Å²) in [6.07, 6.45) is 0. The normalized spacial score (nSPS) is 11.5. The Morgan fingerprint density at radius 1 is 1.00 bits per heavy atom. The molecule has 0 bridgehead atoms. The zero-order valence-electron chi connectivity index (χ0n) is 11.6. The molecule has 3 rings (SSSR count). The first-order valence-electron chi connectivity index (χ1n) is 6.50. The zero-order chi connectivity index (χ0) is 15.7. The summed E-state index contributed by atoms with van der Waals surface area (Å²) < 4.78 is 34.4. The highest BCUT2D eigenvalue weighted by Crippen LogP contribution is 2.20. The van der Waals surface area contributed by atoms with E-state index in [0.717, 1.165) is 5.56 Å². The standard InChI is InChI=1S/C16H12O5S/c1-11-6-8-13(9-7-11)22(18,19)21-15-10-12-4-2-3-5-14(12)20-16(15)17/h2-10H,1H3. The third-order valence-electron chi connectivity index (χ3n) is 3.12. The molecule has 5 nitrogen and oxygen atoms in total. The van der Waals surface area contributed by atoms with E-state index in [2.05, 4.69) is 0 Å². The van der Waals surface area contributed by atoms with Crippen LogP contribution in [0.15, 0.2) is 68.7 Å². The number of para-hydroxylation sites is 1. The minimum absolute atomic E-state index is 0.0225. The molecule has 1 heterocycles. The highest BCUT2D eigenvalue weighted by molar-refractivity contribution is 7.87. The van der Waals surface area contributed by atoms with Crippen LogP contribution >= 0.6 is 0 Å². The van der Waals surface area contributed by atoms with E-state index in [0.29, 0.717) is 11.0 Å². The third-order valence-corrected chi connectivity index (χ3v) is 4.37. The van der Waals surface area contributed by atoms with Gasteiger partial charge in [0.05, 0.1) is 0 Å². The Hall–Kier alpha value is -2.60. The minimum Gasteiger partial charge on any atom is -0.420 e. The van der Waals surface area contributed by atoms with Gasteiger partial charge < -0.3 is 8.60 Å². The molecule has 0 radical (unpaired) electrons. The monoisotopic (exact) mass is 316 g/mol. The van der Waals surface area contributed by atoms with Gasteiger partial charge in [0.2, 0.25) is 5.75 Å². The molecule has 22 heavy (non-hydrogen) atoms. The number of hydrogen-bond donors (Lipinski definition) is 0. The molecule has 0 aliphatic carbocycles. The molecule has 0 saturated heterocycles. The molecule has 3 aromatic rings. The minimum atomic E-state index is -4.08. The van der Waals surface area contributed by atoms with Crippen molar-refractivity contribution in [3.63, 3.8) is 0 Å². The largest absolute Gasteiger partial charge is 0.420 e. The van der Waals surface area contributed by atoms with Crippen molar-refractivity contribution in [2.24, 2.45) is 0 Å². The van der Waals surface area contributed by atoms with E-state index in [-0.39, 0.29) is 10.6 Å². The van der Waals surface area contributed by atoms with Crippen LogP contribution in [0.2, 0.25) is 0 Å². The van der Waals surface area contributed by atoms with E-state index in [9.17, 15) is 13.2 Å². The topological polar surface area (TPSA) is 73.6 Å². The summed E-state index contributed by atoms with van der Waals surface area (Å²) in [5.74, 6) is -0.362. The van der Waals surface area contributed by atoms with Crippen LogP contribution < -0.4 is 9.81 Å². The summed E-state index contributed by atoms with van der Waals surface area (Å²) in [6, 6.07) is 14.3. The average Bonchev–Trinajstić information content (AvgIpc) is 2.48. The van der Waals surface area contributed by atoms with Gasteiger partial charge in [-0.2, -0.15) is 8.42 Å². The maximum absolute atomic E-state index is 12.2. The molecule has 0 saturated carbocycles. The molecule has 0 amide bonds. The van der Waals surface area contributed by atoms with Gasteiger partial charge in [0.25, 0.3) is 0 Å². The molecule has 0 N–H and O–H groups in total. The lowest BCUT2D eigenvalue weighted by Gasteiger charge is -2.06. The highest BCUT2D eigenvalue weighted by atomic mass is 32.2. The van der Waals surface area contributed by atoms with Gasteiger partial charge in [0, 0.05) is 11.5 Å². The second-order valence-electron chi connectivity index (χ2n) is 4.79. The predicted molar refractivity (Wildman–Crippen MR) is 81.5 cm³/mol. The van der Waals surface area contributed by atoms with E-state index in [1.807, 2.05) is 6.92 Å². The molecule has 0 aliphatic rings. The summed E-state index contributed by atoms with van der Waals surface area (Å²) in [5, 5.41) is 0.580. The van der Waals surface area contributed by atoms with Crippen LogP contribution in [0, 0.1) is 6.92 Å². The van der Waals surface area contributed by atoms with Gasteiger partial charge in [-0.25, -0.2) is 4.79 Å². The molecule has 0 aliphatic heterocycles. The van der Waals surface area contributed by atoms with Gasteiger partial charge in [0.1, 0.15) is 10.5 Å². The SMILES string of the molecule is Cc1ccc(S(=O)(=O)Oc2cc3ccccc3oc2=O)cc1. The van der Waals surface area contributed by atoms with E-state index in [1.165, 1.54) is 18.2 Å². The van der Waals surface area contributed by atoms with E-state index in [1.54, 1.807) is 36.4 Å². The van der Waals surface area contributed by atoms with Crippen LogP contribution in [0.3, 0.4) is 0 Å². The van der Waals surface area contributed by atoms with Gasteiger partial charge in [-0.15, -0.1) is 0 Å². The Kier molecular flexibility index (Phi) is 3.46. The molecular weight excluding hydrogens is 304 g/mol. The molecule has 0 spiro atoms. The first-order valence-corrected chi connectivity index (χ1v) is 7.90. The Balaban J connectivity index is 2.03. The second-order valence-corrected chi connectivity index (χ2v) is 6.33. The number of hydrogen-bond acceptors (Lipinski definition) is 5. The maximum Gasteiger partial charge on any atom is 0.380 e. The lowest BCUT2D eigenvalue weighted by Crippen LogP contribution is -2.15. The quantitative estimate of drug-likeness (QED) is 0.549. The Labute approximate surface area is 126 Å². The smallest absolute Gasteiger partial charge is 0.380 e. The number of rotatable bonds is 3. The fourth-order valence-electron chi connectivity index (χ4n) is 1.97. The van der Waals surface area contributed by atoms with Crippen molar-refractivity contribution in [1.29, 1.82) is 0 Å². The van der Waals surface area contributed by atoms with Crippen LogP contribution in [0.4, 0.5) is 0 Å². The Bertz CT molecular complexity index is 985. The average molecular weight is 316 g/mol. The van der Waals surface area contributed by atoms with Crippen LogP contribution in [-0.4, -0.2) is 8.42 Å². The van der Waals surface area contributed by atoms with Crippen molar-refractivity contribution in [3.8, 4) is 5.75 Å². The predicted octanol–water partition coefficient (Wildman–Crippen LogP) is 2.87. The zero-order valence-corrected chi connectivity index (χ0v) is 12.5. The summed E-state index contributed by atoms with van der Waals surface area (Å²) in [7, 11) is -4.08. The summed E-state index contributed by atoms with van der Waals surface area (Å²) in [5.41, 5.74) is 0.450. The second kappa shape index (κ2) is 5.31. The number of benzene rings is 2. The van der Waals surface area contributed by atoms with Gasteiger partial charge in [-0.05, 0) is 25.1 Å². The first kappa shape index (κ1) is 14.3. The van der Waals surface area contributed by atoms with Gasteiger partial charge >= 0.3 is 15.7 Å². The van der Waals surface area contributed by atoms with Gasteiger partial charge in [-0.3, -0.25) is 0 Å². The van der Waals surface area contributed by atoms with Crippen molar-refractivity contribution < 1.29 is 17.0 Å². The maximum atomic E-state index is 12.2. The van der Waals surface area contributed by atoms with Crippen molar-refractivity contribution in [2.75, 3.05) is 0 Å². The van der Waals surface area contributed by atoms with Crippen molar-refractivity contribution in [2.45, 2.75) is 11.8 Å². The fraction of sp³-hybridized carbons (Fsp3) is 0.0625. The van der Waals surface area contributed by atoms with Crippen LogP contribution in [0.1, 0.15) is 5.56 Å². The molecule has 0 unspecified atom stereocenters. The molecular formula is C16H12O5S. The summed E-state index contributed by atoms with van der Waals surface area (Å²) >= 11 is 0. The van der Waals surface area contributed by atoms with Crippen molar-refractivity contribution >= 4 is 21.1 Å². The lowest BCUT2D eigenvalue weighted by molar-refractivity contribution is 0.456. The van der Waals surface area contributed by atoms with Crippen LogP contribution in [-0.2, 0) is 10.1 Å². The van der Waals surface area contributed by atoms with E-state index < -0.39 is 15.7 Å². The van der Waals surface area contributed by atoms with Crippen molar-refractivity contribution in [3.05, 3.63) is 70.6 Å². The Morgan fingerprint density at radius 3 is 2.41 bits per heavy atom. The summed E-state index contributed by atoms with van der Waals surface area (Å²) in [6.45, 7) is 1.84. The van der Waals surface area contributed by atoms with Crippen LogP contribution in [0.5, 0.6) is 5.75 Å². The molecule has 1 aromatic heterocycles. The van der Waals surface area contributed by atoms with E-state index in [4.69, 9.17) is 8.60 Å². The van der Waals surface area contributed by atoms with Gasteiger partial charge in [0.15, 0.2) is 0 Å². The van der Waals surface area contributed by atoms with E-state index >= 15 is 0 Å². The molecule has 0 atom stereocenters. The Morgan fingerprint density at radius 2 is 1.68 bits per heavy atom. The number of aryl methyl sites for hydroxylation is 1. The highest BCUT2D eigenvalue weighted by Gasteiger charge is 2.19. The molecule has 112 valence electrons. The van der Waals surface area contributed by atoms with Crippen LogP contribution in [0.25, 0.3) is 11.0 Å². The molecule has 2 aromatic carbocycles. The number of fused-ring (bicyclic) bond motifs is 1. The van der Waals surface area contributed by atoms with Gasteiger partial charge in [-0.1, -0.05) is 35.9 Å².